The van der Waals surface area contributed by atoms with Crippen LogP contribution in [0.4, 0.5) is 11.4 Å². The van der Waals surface area contributed by atoms with Gasteiger partial charge in [0.15, 0.2) is 0 Å². The fraction of sp³-hybridized carbons (Fsp3) is 0.438. The lowest BCUT2D eigenvalue weighted by atomic mass is 9.95. The van der Waals surface area contributed by atoms with E-state index in [0.29, 0.717) is 11.4 Å². The summed E-state index contributed by atoms with van der Waals surface area (Å²) in [4.78, 5) is 36.2. The van der Waals surface area contributed by atoms with E-state index in [-0.39, 0.29) is 24.8 Å². The number of aliphatic carboxylic acids is 1. The fourth-order valence-electron chi connectivity index (χ4n) is 2.17. The Labute approximate surface area is 129 Å². The van der Waals surface area contributed by atoms with E-state index in [4.69, 9.17) is 5.11 Å². The molecular weight excluding hydrogens is 284 g/mol. The molecule has 2 N–H and O–H groups in total. The van der Waals surface area contributed by atoms with Gasteiger partial charge in [-0.15, -0.1) is 0 Å². The predicted octanol–water partition coefficient (Wildman–Crippen LogP) is 2.11. The van der Waals surface area contributed by atoms with Gasteiger partial charge in [0.2, 0.25) is 11.8 Å². The zero-order valence-electron chi connectivity index (χ0n) is 12.9. The molecule has 2 rings (SSSR count). The van der Waals surface area contributed by atoms with E-state index in [1.54, 1.807) is 24.3 Å². The summed E-state index contributed by atoms with van der Waals surface area (Å²) in [6, 6.07) is 6.83. The maximum absolute atomic E-state index is 11.9. The van der Waals surface area contributed by atoms with Gasteiger partial charge in [-0.1, -0.05) is 20.8 Å². The average molecular weight is 304 g/mol. The van der Waals surface area contributed by atoms with Crippen LogP contribution in [0.1, 0.15) is 27.2 Å². The first-order valence-electron chi connectivity index (χ1n) is 7.13. The SMILES string of the molecule is CC(C)(C)C(=O)Nc1ccc(N2C[C@H](C(=O)O)CC2=O)cc1. The second-order valence-electron chi connectivity index (χ2n) is 6.49. The highest BCUT2D eigenvalue weighted by Gasteiger charge is 2.35. The van der Waals surface area contributed by atoms with Crippen LogP contribution < -0.4 is 10.2 Å². The molecule has 1 atom stereocenters. The van der Waals surface area contributed by atoms with E-state index in [1.165, 1.54) is 4.90 Å². The van der Waals surface area contributed by atoms with Crippen molar-refractivity contribution in [3.05, 3.63) is 24.3 Å². The van der Waals surface area contributed by atoms with Gasteiger partial charge >= 0.3 is 5.97 Å². The highest BCUT2D eigenvalue weighted by Crippen LogP contribution is 2.27. The van der Waals surface area contributed by atoms with Crippen LogP contribution in [0, 0.1) is 11.3 Å². The summed E-state index contributed by atoms with van der Waals surface area (Å²) in [7, 11) is 0. The topological polar surface area (TPSA) is 86.7 Å². The largest absolute Gasteiger partial charge is 0.481 e. The van der Waals surface area contributed by atoms with Crippen LogP contribution in [-0.2, 0) is 14.4 Å². The average Bonchev–Trinajstić information content (AvgIpc) is 2.81. The van der Waals surface area contributed by atoms with Crippen molar-refractivity contribution in [3.63, 3.8) is 0 Å². The zero-order chi connectivity index (χ0) is 16.5. The van der Waals surface area contributed by atoms with E-state index < -0.39 is 17.3 Å². The molecule has 1 aromatic carbocycles. The van der Waals surface area contributed by atoms with E-state index in [2.05, 4.69) is 5.32 Å². The molecule has 1 aliphatic rings. The number of carboxylic acid groups (broad SMARTS) is 1. The van der Waals surface area contributed by atoms with E-state index in [9.17, 15) is 14.4 Å². The Balaban J connectivity index is 2.08. The third-order valence-corrected chi connectivity index (χ3v) is 3.59. The number of hydrogen-bond donors (Lipinski definition) is 2. The zero-order valence-corrected chi connectivity index (χ0v) is 12.9. The van der Waals surface area contributed by atoms with Crippen molar-refractivity contribution in [2.75, 3.05) is 16.8 Å². The Morgan fingerprint density at radius 1 is 1.23 bits per heavy atom. The number of carbonyl (C=O) groups is 3. The fourth-order valence-corrected chi connectivity index (χ4v) is 2.17. The molecule has 0 unspecified atom stereocenters. The molecular formula is C16H20N2O4. The molecule has 1 aliphatic heterocycles. The van der Waals surface area contributed by atoms with Crippen molar-refractivity contribution in [2.45, 2.75) is 27.2 Å². The summed E-state index contributed by atoms with van der Waals surface area (Å²) >= 11 is 0. The number of carbonyl (C=O) groups excluding carboxylic acids is 2. The van der Waals surface area contributed by atoms with Crippen molar-refractivity contribution in [1.29, 1.82) is 0 Å². The molecule has 0 bridgehead atoms. The van der Waals surface area contributed by atoms with Crippen LogP contribution in [0.2, 0.25) is 0 Å². The maximum Gasteiger partial charge on any atom is 0.308 e. The lowest BCUT2D eigenvalue weighted by molar-refractivity contribution is -0.141. The van der Waals surface area contributed by atoms with Crippen LogP contribution in [0.3, 0.4) is 0 Å². The first kappa shape index (κ1) is 16.0. The highest BCUT2D eigenvalue weighted by molar-refractivity contribution is 5.99. The molecule has 0 aliphatic carbocycles. The third kappa shape index (κ3) is 3.44. The number of nitrogens with one attached hydrogen (secondary N) is 1. The van der Waals surface area contributed by atoms with E-state index >= 15 is 0 Å². The van der Waals surface area contributed by atoms with Crippen LogP contribution in [0.25, 0.3) is 0 Å². The Hall–Kier alpha value is -2.37. The number of carboxylic acids is 1. The van der Waals surface area contributed by atoms with Gasteiger partial charge in [0.1, 0.15) is 0 Å². The van der Waals surface area contributed by atoms with Gasteiger partial charge in [-0.3, -0.25) is 14.4 Å². The molecule has 0 radical (unpaired) electrons. The molecule has 22 heavy (non-hydrogen) atoms. The summed E-state index contributed by atoms with van der Waals surface area (Å²) in [6.45, 7) is 5.66. The van der Waals surface area contributed by atoms with Crippen LogP contribution in [-0.4, -0.2) is 29.4 Å². The maximum atomic E-state index is 11.9. The van der Waals surface area contributed by atoms with E-state index in [0.717, 1.165) is 0 Å². The van der Waals surface area contributed by atoms with Gasteiger partial charge in [0, 0.05) is 29.8 Å². The number of benzene rings is 1. The highest BCUT2D eigenvalue weighted by atomic mass is 16.4. The van der Waals surface area contributed by atoms with Crippen molar-refractivity contribution in [2.24, 2.45) is 11.3 Å². The summed E-state index contributed by atoms with van der Waals surface area (Å²) in [5.74, 6) is -1.90. The minimum atomic E-state index is -0.954. The number of rotatable bonds is 3. The van der Waals surface area contributed by atoms with Crippen LogP contribution in [0.5, 0.6) is 0 Å². The first-order valence-corrected chi connectivity index (χ1v) is 7.13. The van der Waals surface area contributed by atoms with Gasteiger partial charge in [-0.25, -0.2) is 0 Å². The van der Waals surface area contributed by atoms with Gasteiger partial charge in [-0.05, 0) is 24.3 Å². The molecule has 6 heteroatoms. The minimum absolute atomic E-state index is 0.0256. The number of hydrogen-bond acceptors (Lipinski definition) is 3. The van der Waals surface area contributed by atoms with Gasteiger partial charge in [0.25, 0.3) is 0 Å². The number of nitrogens with zero attached hydrogens (tertiary/aromatic N) is 1. The summed E-state index contributed by atoms with van der Waals surface area (Å²) in [5, 5.41) is 11.8. The Morgan fingerprint density at radius 3 is 2.27 bits per heavy atom. The number of amides is 2. The molecule has 0 saturated carbocycles. The Bertz CT molecular complexity index is 602. The van der Waals surface area contributed by atoms with Crippen molar-refractivity contribution in [1.82, 2.24) is 0 Å². The Morgan fingerprint density at radius 2 is 1.82 bits per heavy atom. The van der Waals surface area contributed by atoms with Crippen LogP contribution in [0.15, 0.2) is 24.3 Å². The molecule has 1 saturated heterocycles. The second-order valence-corrected chi connectivity index (χ2v) is 6.49. The predicted molar refractivity (Wildman–Crippen MR) is 82.6 cm³/mol. The molecule has 1 heterocycles. The standard InChI is InChI=1S/C16H20N2O4/c1-16(2,3)15(22)17-11-4-6-12(7-5-11)18-9-10(14(20)21)8-13(18)19/h4-7,10H,8-9H2,1-3H3,(H,17,22)(H,20,21)/t10-/m1/s1. The van der Waals surface area contributed by atoms with Crippen molar-refractivity contribution in [3.8, 4) is 0 Å². The summed E-state index contributed by atoms with van der Waals surface area (Å²) in [5.41, 5.74) is 0.797. The van der Waals surface area contributed by atoms with E-state index in [1.807, 2.05) is 20.8 Å². The van der Waals surface area contributed by atoms with Gasteiger partial charge in [0.05, 0.1) is 5.92 Å². The molecule has 1 fully saturated rings. The summed E-state index contributed by atoms with van der Waals surface area (Å²) < 4.78 is 0. The molecule has 6 nitrogen and oxygen atoms in total. The van der Waals surface area contributed by atoms with Gasteiger partial charge in [-0.2, -0.15) is 0 Å². The minimum Gasteiger partial charge on any atom is -0.481 e. The molecule has 2 amide bonds. The number of anilines is 2. The summed E-state index contributed by atoms with van der Waals surface area (Å²) in [6.07, 6.45) is 0.0256. The Kier molecular flexibility index (Phi) is 4.21. The molecule has 1 aromatic rings. The third-order valence-electron chi connectivity index (χ3n) is 3.59. The quantitative estimate of drug-likeness (QED) is 0.895. The first-order chi connectivity index (χ1) is 10.2. The molecule has 0 spiro atoms. The lowest BCUT2D eigenvalue weighted by Crippen LogP contribution is -2.28. The lowest BCUT2D eigenvalue weighted by Gasteiger charge is -2.19. The van der Waals surface area contributed by atoms with Gasteiger partial charge < -0.3 is 15.3 Å². The normalized spacial score (nSPS) is 18.4. The smallest absolute Gasteiger partial charge is 0.308 e. The van der Waals surface area contributed by atoms with Crippen molar-refractivity contribution < 1.29 is 19.5 Å². The molecule has 0 aromatic heterocycles. The van der Waals surface area contributed by atoms with Crippen LogP contribution >= 0.6 is 0 Å². The molecule has 118 valence electrons. The monoisotopic (exact) mass is 304 g/mol. The second kappa shape index (κ2) is 5.79. The van der Waals surface area contributed by atoms with Crippen molar-refractivity contribution >= 4 is 29.2 Å².